The molecule has 0 aliphatic heterocycles. The van der Waals surface area contributed by atoms with Crippen LogP contribution in [0, 0.1) is 0 Å². The summed E-state index contributed by atoms with van der Waals surface area (Å²) < 4.78 is 38.9. The molecule has 1 amide bonds. The molecule has 1 rings (SSSR count). The number of rotatable bonds is 3. The molecule has 1 heterocycles. The molecule has 0 aliphatic carbocycles. The molecule has 7 heteroatoms. The molecule has 0 aromatic carbocycles. The van der Waals surface area contributed by atoms with Gasteiger partial charge in [-0.25, -0.2) is 0 Å². The summed E-state index contributed by atoms with van der Waals surface area (Å²) in [6.45, 7) is 2.25. The van der Waals surface area contributed by atoms with E-state index < -0.39 is 23.3 Å². The molecule has 0 radical (unpaired) electrons. The molecule has 17 heavy (non-hydrogen) atoms. The van der Waals surface area contributed by atoms with Gasteiger partial charge in [0.1, 0.15) is 0 Å². The van der Waals surface area contributed by atoms with Crippen molar-refractivity contribution in [2.24, 2.45) is 7.05 Å². The number of carbonyl (C=O) groups is 1. The SMILES string of the molecule is CCCN(C)C(=O)c1cn(C)nc1C(F)(F)F. The van der Waals surface area contributed by atoms with Gasteiger partial charge in [-0.1, -0.05) is 6.92 Å². The van der Waals surface area contributed by atoms with E-state index in [1.807, 2.05) is 6.92 Å². The third-order valence-electron chi connectivity index (χ3n) is 2.23. The fourth-order valence-electron chi connectivity index (χ4n) is 1.50. The molecule has 0 atom stereocenters. The number of aryl methyl sites for hydroxylation is 1. The predicted molar refractivity (Wildman–Crippen MR) is 55.5 cm³/mol. The zero-order valence-corrected chi connectivity index (χ0v) is 9.88. The summed E-state index contributed by atoms with van der Waals surface area (Å²) in [5, 5.41) is 3.29. The van der Waals surface area contributed by atoms with Crippen molar-refractivity contribution in [2.45, 2.75) is 19.5 Å². The van der Waals surface area contributed by atoms with Crippen LogP contribution < -0.4 is 0 Å². The van der Waals surface area contributed by atoms with Crippen molar-refractivity contribution in [1.29, 1.82) is 0 Å². The summed E-state index contributed by atoms with van der Waals surface area (Å²) in [4.78, 5) is 13.0. The van der Waals surface area contributed by atoms with E-state index in [1.54, 1.807) is 0 Å². The van der Waals surface area contributed by atoms with Crippen molar-refractivity contribution in [3.8, 4) is 0 Å². The van der Waals surface area contributed by atoms with Gasteiger partial charge in [0.2, 0.25) is 0 Å². The Balaban J connectivity index is 3.09. The van der Waals surface area contributed by atoms with E-state index in [1.165, 1.54) is 19.0 Å². The summed E-state index contributed by atoms with van der Waals surface area (Å²) >= 11 is 0. The normalized spacial score (nSPS) is 11.6. The van der Waals surface area contributed by atoms with Gasteiger partial charge in [0.25, 0.3) is 5.91 Å². The Bertz CT molecular complexity index is 411. The van der Waals surface area contributed by atoms with Gasteiger partial charge >= 0.3 is 6.18 Å². The first-order chi connectivity index (χ1) is 7.77. The highest BCUT2D eigenvalue weighted by atomic mass is 19.4. The number of aromatic nitrogens is 2. The van der Waals surface area contributed by atoms with Gasteiger partial charge in [-0.3, -0.25) is 9.48 Å². The van der Waals surface area contributed by atoms with E-state index in [0.717, 1.165) is 10.9 Å². The van der Waals surface area contributed by atoms with Crippen molar-refractivity contribution in [2.75, 3.05) is 13.6 Å². The molecule has 0 aliphatic rings. The first kappa shape index (κ1) is 13.5. The van der Waals surface area contributed by atoms with E-state index in [-0.39, 0.29) is 0 Å². The van der Waals surface area contributed by atoms with Crippen LogP contribution in [-0.4, -0.2) is 34.2 Å². The second kappa shape index (κ2) is 4.77. The lowest BCUT2D eigenvalue weighted by atomic mass is 10.2. The van der Waals surface area contributed by atoms with Gasteiger partial charge in [0.15, 0.2) is 5.69 Å². The first-order valence-electron chi connectivity index (χ1n) is 5.13. The van der Waals surface area contributed by atoms with Crippen molar-refractivity contribution in [1.82, 2.24) is 14.7 Å². The predicted octanol–water partition coefficient (Wildman–Crippen LogP) is 1.92. The standard InChI is InChI=1S/C10H14F3N3O/c1-4-5-15(2)9(17)7-6-16(3)14-8(7)10(11,12)13/h6H,4-5H2,1-3H3. The smallest absolute Gasteiger partial charge is 0.342 e. The lowest BCUT2D eigenvalue weighted by molar-refractivity contribution is -0.141. The van der Waals surface area contributed by atoms with Crippen molar-refractivity contribution < 1.29 is 18.0 Å². The summed E-state index contributed by atoms with van der Waals surface area (Å²) in [6, 6.07) is 0. The number of amides is 1. The summed E-state index contributed by atoms with van der Waals surface area (Å²) in [5.74, 6) is -0.660. The summed E-state index contributed by atoms with van der Waals surface area (Å²) in [7, 11) is 2.82. The van der Waals surface area contributed by atoms with Gasteiger partial charge in [0.05, 0.1) is 5.56 Å². The molecule has 0 N–H and O–H groups in total. The topological polar surface area (TPSA) is 38.1 Å². The quantitative estimate of drug-likeness (QED) is 0.820. The molecule has 0 spiro atoms. The van der Waals surface area contributed by atoms with Gasteiger partial charge in [-0.2, -0.15) is 18.3 Å². The molecule has 0 saturated heterocycles. The highest BCUT2D eigenvalue weighted by Gasteiger charge is 2.39. The maximum atomic E-state index is 12.6. The molecule has 96 valence electrons. The van der Waals surface area contributed by atoms with Crippen molar-refractivity contribution >= 4 is 5.91 Å². The number of halogens is 3. The van der Waals surface area contributed by atoms with E-state index in [0.29, 0.717) is 13.0 Å². The van der Waals surface area contributed by atoms with Crippen LogP contribution in [0.2, 0.25) is 0 Å². The lowest BCUT2D eigenvalue weighted by Crippen LogP contribution is -2.29. The van der Waals surface area contributed by atoms with Crippen LogP contribution in [0.15, 0.2) is 6.20 Å². The Kier molecular flexibility index (Phi) is 3.79. The van der Waals surface area contributed by atoms with Crippen LogP contribution in [0.5, 0.6) is 0 Å². The molecule has 0 fully saturated rings. The molecule has 1 aromatic rings. The molecule has 0 unspecified atom stereocenters. The zero-order valence-electron chi connectivity index (χ0n) is 9.88. The Morgan fingerprint density at radius 2 is 2.12 bits per heavy atom. The van der Waals surface area contributed by atoms with E-state index in [2.05, 4.69) is 5.10 Å². The van der Waals surface area contributed by atoms with Crippen LogP contribution in [0.25, 0.3) is 0 Å². The monoisotopic (exact) mass is 249 g/mol. The maximum absolute atomic E-state index is 12.6. The van der Waals surface area contributed by atoms with E-state index in [9.17, 15) is 18.0 Å². The highest BCUT2D eigenvalue weighted by Crippen LogP contribution is 2.30. The minimum Gasteiger partial charge on any atom is -0.342 e. The number of alkyl halides is 3. The molecule has 1 aromatic heterocycles. The van der Waals surface area contributed by atoms with Crippen LogP contribution in [0.1, 0.15) is 29.4 Å². The fraction of sp³-hybridized carbons (Fsp3) is 0.600. The zero-order chi connectivity index (χ0) is 13.2. The Morgan fingerprint density at radius 3 is 2.59 bits per heavy atom. The highest BCUT2D eigenvalue weighted by molar-refractivity contribution is 5.95. The van der Waals surface area contributed by atoms with Crippen LogP contribution in [0.4, 0.5) is 13.2 Å². The molecule has 4 nitrogen and oxygen atoms in total. The third kappa shape index (κ3) is 2.98. The Morgan fingerprint density at radius 1 is 1.53 bits per heavy atom. The van der Waals surface area contributed by atoms with Crippen molar-refractivity contribution in [3.63, 3.8) is 0 Å². The summed E-state index contributed by atoms with van der Waals surface area (Å²) in [6.07, 6.45) is -2.83. The largest absolute Gasteiger partial charge is 0.435 e. The van der Waals surface area contributed by atoms with Crippen LogP contribution in [0.3, 0.4) is 0 Å². The lowest BCUT2D eigenvalue weighted by Gasteiger charge is -2.16. The molecular formula is C10H14F3N3O. The minimum atomic E-state index is -4.61. The number of hydrogen-bond acceptors (Lipinski definition) is 2. The maximum Gasteiger partial charge on any atom is 0.435 e. The fourth-order valence-corrected chi connectivity index (χ4v) is 1.50. The molecule has 0 saturated carbocycles. The van der Waals surface area contributed by atoms with E-state index >= 15 is 0 Å². The molecule has 0 bridgehead atoms. The van der Waals surface area contributed by atoms with Gasteiger partial charge < -0.3 is 4.90 Å². The second-order valence-electron chi connectivity index (χ2n) is 3.79. The summed E-state index contributed by atoms with van der Waals surface area (Å²) in [5.41, 5.74) is -1.54. The Labute approximate surface area is 97.0 Å². The average Bonchev–Trinajstić information content (AvgIpc) is 2.59. The van der Waals surface area contributed by atoms with Crippen LogP contribution in [-0.2, 0) is 13.2 Å². The molecular weight excluding hydrogens is 235 g/mol. The van der Waals surface area contributed by atoms with Gasteiger partial charge in [-0.15, -0.1) is 0 Å². The second-order valence-corrected chi connectivity index (χ2v) is 3.79. The van der Waals surface area contributed by atoms with Crippen molar-refractivity contribution in [3.05, 3.63) is 17.5 Å². The van der Waals surface area contributed by atoms with Crippen LogP contribution >= 0.6 is 0 Å². The first-order valence-corrected chi connectivity index (χ1v) is 5.13. The number of nitrogens with zero attached hydrogens (tertiary/aromatic N) is 3. The Hall–Kier alpha value is -1.53. The number of carbonyl (C=O) groups excluding carboxylic acids is 1. The van der Waals surface area contributed by atoms with Gasteiger partial charge in [0, 0.05) is 26.8 Å². The third-order valence-corrected chi connectivity index (χ3v) is 2.23. The average molecular weight is 249 g/mol. The minimum absolute atomic E-state index is 0.407. The number of hydrogen-bond donors (Lipinski definition) is 0. The van der Waals surface area contributed by atoms with Gasteiger partial charge in [-0.05, 0) is 6.42 Å². The van der Waals surface area contributed by atoms with E-state index in [4.69, 9.17) is 0 Å².